The lowest BCUT2D eigenvalue weighted by Gasteiger charge is -2.41. The van der Waals surface area contributed by atoms with Crippen LogP contribution in [0.3, 0.4) is 0 Å². The molecule has 1 amide bonds. The number of aromatic nitrogens is 2. The van der Waals surface area contributed by atoms with E-state index in [0.29, 0.717) is 37.4 Å². The molecule has 1 fully saturated rings. The number of piperidine rings is 1. The fraction of sp³-hybridized carbons (Fsp3) is 0.789. The van der Waals surface area contributed by atoms with Gasteiger partial charge in [-0.1, -0.05) is 20.8 Å². The molecule has 1 N–H and O–H groups in total. The van der Waals surface area contributed by atoms with Gasteiger partial charge in [0.15, 0.2) is 6.04 Å². The van der Waals surface area contributed by atoms with Crippen molar-refractivity contribution in [2.75, 3.05) is 32.1 Å². The third-order valence-electron chi connectivity index (χ3n) is 5.72. The van der Waals surface area contributed by atoms with Crippen LogP contribution in [0.25, 0.3) is 0 Å². The number of methoxy groups -OCH3 is 1. The van der Waals surface area contributed by atoms with E-state index in [2.05, 4.69) is 10.4 Å². The van der Waals surface area contributed by atoms with Crippen molar-refractivity contribution in [3.63, 3.8) is 0 Å². The van der Waals surface area contributed by atoms with Crippen LogP contribution in [0.4, 0.5) is 19.0 Å². The van der Waals surface area contributed by atoms with Gasteiger partial charge in [-0.2, -0.15) is 18.3 Å². The maximum absolute atomic E-state index is 13.8. The third kappa shape index (κ3) is 4.29. The summed E-state index contributed by atoms with van der Waals surface area (Å²) in [6, 6.07) is -0.177. The number of halogens is 3. The van der Waals surface area contributed by atoms with Crippen LogP contribution in [0.15, 0.2) is 6.07 Å². The number of carbonyl (C=O) groups excluding carboxylic acids is 1. The molecule has 0 aromatic carbocycles. The van der Waals surface area contributed by atoms with E-state index in [4.69, 9.17) is 4.74 Å². The van der Waals surface area contributed by atoms with Crippen LogP contribution in [0.1, 0.15) is 51.8 Å². The lowest BCUT2D eigenvalue weighted by atomic mass is 9.84. The maximum atomic E-state index is 13.8. The average Bonchev–Trinajstić information content (AvgIpc) is 3.04. The maximum Gasteiger partial charge on any atom is 0.410 e. The Bertz CT molecular complexity index is 703. The molecule has 0 aliphatic carbocycles. The van der Waals surface area contributed by atoms with Gasteiger partial charge in [0.05, 0.1) is 5.69 Å². The topological polar surface area (TPSA) is 59.4 Å². The minimum Gasteiger partial charge on any atom is -0.375 e. The van der Waals surface area contributed by atoms with Gasteiger partial charge < -0.3 is 15.0 Å². The first-order valence-electron chi connectivity index (χ1n) is 9.70. The molecule has 0 bridgehead atoms. The Morgan fingerprint density at radius 2 is 1.93 bits per heavy atom. The second-order valence-corrected chi connectivity index (χ2v) is 8.80. The van der Waals surface area contributed by atoms with Crippen molar-refractivity contribution >= 4 is 11.7 Å². The molecule has 158 valence electrons. The van der Waals surface area contributed by atoms with Crippen molar-refractivity contribution < 1.29 is 22.7 Å². The Hall–Kier alpha value is -1.77. The monoisotopic (exact) mass is 402 g/mol. The van der Waals surface area contributed by atoms with Crippen molar-refractivity contribution in [2.24, 2.45) is 5.92 Å². The number of likely N-dealkylation sites (tertiary alicyclic amines) is 1. The Kier molecular flexibility index (Phi) is 5.67. The summed E-state index contributed by atoms with van der Waals surface area (Å²) in [7, 11) is 1.48. The number of fused-ring (bicyclic) bond motifs is 1. The minimum absolute atomic E-state index is 0.0389. The van der Waals surface area contributed by atoms with Crippen molar-refractivity contribution in [1.29, 1.82) is 0 Å². The Morgan fingerprint density at radius 3 is 2.46 bits per heavy atom. The second-order valence-electron chi connectivity index (χ2n) is 8.80. The summed E-state index contributed by atoms with van der Waals surface area (Å²) in [4.78, 5) is 13.7. The number of carbonyl (C=O) groups is 1. The van der Waals surface area contributed by atoms with Crippen LogP contribution in [0.5, 0.6) is 0 Å². The van der Waals surface area contributed by atoms with Crippen molar-refractivity contribution in [3.05, 3.63) is 11.8 Å². The van der Waals surface area contributed by atoms with E-state index in [0.717, 1.165) is 4.68 Å². The summed E-state index contributed by atoms with van der Waals surface area (Å²) < 4.78 is 47.3. The second kappa shape index (κ2) is 7.57. The molecule has 2 aliphatic heterocycles. The van der Waals surface area contributed by atoms with Gasteiger partial charge in [0.1, 0.15) is 12.4 Å². The fourth-order valence-corrected chi connectivity index (χ4v) is 4.04. The number of alkyl halides is 3. The summed E-state index contributed by atoms with van der Waals surface area (Å²) in [5, 5.41) is 7.58. The van der Waals surface area contributed by atoms with Crippen molar-refractivity contribution in [3.8, 4) is 0 Å². The molecule has 0 spiro atoms. The smallest absolute Gasteiger partial charge is 0.375 e. The van der Waals surface area contributed by atoms with Gasteiger partial charge in [-0.15, -0.1) is 0 Å². The molecule has 0 radical (unpaired) electrons. The normalized spacial score (nSPS) is 24.0. The third-order valence-corrected chi connectivity index (χ3v) is 5.72. The first-order chi connectivity index (χ1) is 13.0. The minimum atomic E-state index is -4.36. The molecule has 3 rings (SSSR count). The Morgan fingerprint density at radius 1 is 1.29 bits per heavy atom. The van der Waals surface area contributed by atoms with Crippen LogP contribution in [-0.2, 0) is 14.9 Å². The Balaban J connectivity index is 1.76. The zero-order chi connectivity index (χ0) is 20.7. The zero-order valence-corrected chi connectivity index (χ0v) is 16.8. The van der Waals surface area contributed by atoms with Gasteiger partial charge in [-0.3, -0.25) is 4.79 Å². The number of nitrogens with one attached hydrogen (secondary N) is 1. The molecular formula is C19H29F3N4O2. The summed E-state index contributed by atoms with van der Waals surface area (Å²) in [6.07, 6.45) is -3.04. The van der Waals surface area contributed by atoms with Crippen LogP contribution >= 0.6 is 0 Å². The standard InChI is InChI=1S/C19H29F3N4O2/c1-18(2,3)14-10-16-23-13(9-15(19(20,21)22)26(16)24-14)12-5-7-25(8-6-12)17(27)11-28-4/h10,12-13,15,23H,5-9,11H2,1-4H3/t13-,15+/m0/s1. The lowest BCUT2D eigenvalue weighted by Crippen LogP contribution is -2.47. The molecule has 6 nitrogen and oxygen atoms in total. The summed E-state index contributed by atoms with van der Waals surface area (Å²) in [6.45, 7) is 6.95. The van der Waals surface area contributed by atoms with E-state index in [9.17, 15) is 18.0 Å². The van der Waals surface area contributed by atoms with Crippen LogP contribution in [0.2, 0.25) is 0 Å². The molecule has 1 aromatic rings. The highest BCUT2D eigenvalue weighted by atomic mass is 19.4. The SMILES string of the molecule is COCC(=O)N1CCC([C@@H]2C[C@H](C(F)(F)F)n3nc(C(C)(C)C)cc3N2)CC1. The number of amides is 1. The van der Waals surface area contributed by atoms with Gasteiger partial charge in [0.25, 0.3) is 0 Å². The van der Waals surface area contributed by atoms with E-state index in [-0.39, 0.29) is 36.3 Å². The van der Waals surface area contributed by atoms with E-state index in [1.165, 1.54) is 7.11 Å². The molecule has 0 saturated carbocycles. The molecule has 2 atom stereocenters. The van der Waals surface area contributed by atoms with Gasteiger partial charge >= 0.3 is 6.18 Å². The lowest BCUT2D eigenvalue weighted by molar-refractivity contribution is -0.174. The number of ether oxygens (including phenoxy) is 1. The van der Waals surface area contributed by atoms with E-state index in [1.54, 1.807) is 11.0 Å². The number of rotatable bonds is 3. The highest BCUT2D eigenvalue weighted by Crippen LogP contribution is 2.43. The van der Waals surface area contributed by atoms with Crippen LogP contribution in [0, 0.1) is 5.92 Å². The summed E-state index contributed by atoms with van der Waals surface area (Å²) in [5.74, 6) is 0.443. The highest BCUT2D eigenvalue weighted by Gasteiger charge is 2.48. The number of anilines is 1. The van der Waals surface area contributed by atoms with E-state index < -0.39 is 12.2 Å². The molecule has 1 aromatic heterocycles. The van der Waals surface area contributed by atoms with Gasteiger partial charge in [0.2, 0.25) is 5.91 Å². The number of nitrogens with zero attached hydrogens (tertiary/aromatic N) is 3. The van der Waals surface area contributed by atoms with Crippen molar-refractivity contribution in [2.45, 2.75) is 63.7 Å². The van der Waals surface area contributed by atoms with Gasteiger partial charge in [0, 0.05) is 37.7 Å². The number of hydrogen-bond donors (Lipinski definition) is 1. The zero-order valence-electron chi connectivity index (χ0n) is 16.8. The fourth-order valence-electron chi connectivity index (χ4n) is 4.04. The largest absolute Gasteiger partial charge is 0.410 e. The molecule has 2 aliphatic rings. The quantitative estimate of drug-likeness (QED) is 0.842. The average molecular weight is 402 g/mol. The Labute approximate surface area is 163 Å². The van der Waals surface area contributed by atoms with Gasteiger partial charge in [-0.25, -0.2) is 4.68 Å². The van der Waals surface area contributed by atoms with Crippen LogP contribution < -0.4 is 5.32 Å². The van der Waals surface area contributed by atoms with Crippen LogP contribution in [-0.4, -0.2) is 59.6 Å². The first kappa shape index (κ1) is 21.0. The molecule has 9 heteroatoms. The summed E-state index contributed by atoms with van der Waals surface area (Å²) in [5.41, 5.74) is 0.315. The predicted octanol–water partition coefficient (Wildman–Crippen LogP) is 3.35. The molecule has 0 unspecified atom stereocenters. The van der Waals surface area contributed by atoms with Gasteiger partial charge in [-0.05, 0) is 25.2 Å². The van der Waals surface area contributed by atoms with E-state index in [1.807, 2.05) is 20.8 Å². The van der Waals surface area contributed by atoms with Crippen molar-refractivity contribution in [1.82, 2.24) is 14.7 Å². The predicted molar refractivity (Wildman–Crippen MR) is 99.2 cm³/mol. The molecule has 3 heterocycles. The summed E-state index contributed by atoms with van der Waals surface area (Å²) >= 11 is 0. The number of hydrogen-bond acceptors (Lipinski definition) is 4. The molecular weight excluding hydrogens is 373 g/mol. The molecule has 1 saturated heterocycles. The molecule has 28 heavy (non-hydrogen) atoms. The first-order valence-corrected chi connectivity index (χ1v) is 9.70. The van der Waals surface area contributed by atoms with E-state index >= 15 is 0 Å². The highest BCUT2D eigenvalue weighted by molar-refractivity contribution is 5.77.